The predicted molar refractivity (Wildman–Crippen MR) is 83.1 cm³/mol. The van der Waals surface area contributed by atoms with Gasteiger partial charge in [-0.15, -0.1) is 0 Å². The van der Waals surface area contributed by atoms with E-state index < -0.39 is 0 Å². The second-order valence-corrected chi connectivity index (χ2v) is 7.75. The van der Waals surface area contributed by atoms with Crippen molar-refractivity contribution in [3.63, 3.8) is 0 Å². The van der Waals surface area contributed by atoms with E-state index in [1.165, 1.54) is 32.4 Å². The minimum absolute atomic E-state index is 0.0256. The van der Waals surface area contributed by atoms with Crippen LogP contribution in [0.4, 0.5) is 0 Å². The number of rotatable bonds is 4. The first kappa shape index (κ1) is 16.3. The zero-order valence-corrected chi connectivity index (χ0v) is 14.0. The summed E-state index contributed by atoms with van der Waals surface area (Å²) >= 11 is 0. The quantitative estimate of drug-likeness (QED) is 0.786. The van der Waals surface area contributed by atoms with Gasteiger partial charge < -0.3 is 14.4 Å². The van der Waals surface area contributed by atoms with Crippen molar-refractivity contribution in [3.8, 4) is 0 Å². The molecule has 0 amide bonds. The number of hydrogen-bond acceptors (Lipinski definition) is 3. The van der Waals surface area contributed by atoms with Gasteiger partial charge in [0.25, 0.3) is 0 Å². The Morgan fingerprint density at radius 2 is 1.50 bits per heavy atom. The Labute approximate surface area is 125 Å². The van der Waals surface area contributed by atoms with E-state index in [-0.39, 0.29) is 5.60 Å². The molecule has 1 aliphatic carbocycles. The Morgan fingerprint density at radius 1 is 0.900 bits per heavy atom. The van der Waals surface area contributed by atoms with Gasteiger partial charge in [0, 0.05) is 19.1 Å². The van der Waals surface area contributed by atoms with Crippen LogP contribution in [0.1, 0.15) is 66.7 Å². The fourth-order valence-corrected chi connectivity index (χ4v) is 3.43. The van der Waals surface area contributed by atoms with Crippen LogP contribution in [0.15, 0.2) is 0 Å². The standard InChI is InChI=1S/C17H33NO2/c1-13(2)18-10-8-14(9-11-18)19-15-6-7-16(12-15)20-17(3,4)5/h13-16H,6-12H2,1-5H3. The Kier molecular flexibility index (Phi) is 5.49. The zero-order valence-electron chi connectivity index (χ0n) is 14.0. The summed E-state index contributed by atoms with van der Waals surface area (Å²) in [5.41, 5.74) is -0.0256. The molecule has 1 aliphatic heterocycles. The van der Waals surface area contributed by atoms with Crippen molar-refractivity contribution in [2.75, 3.05) is 13.1 Å². The van der Waals surface area contributed by atoms with Crippen molar-refractivity contribution >= 4 is 0 Å². The average Bonchev–Trinajstić information content (AvgIpc) is 2.74. The van der Waals surface area contributed by atoms with Crippen LogP contribution < -0.4 is 0 Å². The molecule has 3 nitrogen and oxygen atoms in total. The van der Waals surface area contributed by atoms with Crippen molar-refractivity contribution in [2.24, 2.45) is 0 Å². The van der Waals surface area contributed by atoms with E-state index in [9.17, 15) is 0 Å². The second-order valence-electron chi connectivity index (χ2n) is 7.75. The molecule has 2 rings (SSSR count). The lowest BCUT2D eigenvalue weighted by Crippen LogP contribution is -2.41. The average molecular weight is 283 g/mol. The van der Waals surface area contributed by atoms with Gasteiger partial charge in [0.05, 0.1) is 23.9 Å². The third kappa shape index (κ3) is 5.01. The van der Waals surface area contributed by atoms with E-state index in [0.717, 1.165) is 12.8 Å². The van der Waals surface area contributed by atoms with Gasteiger partial charge in [-0.25, -0.2) is 0 Å². The van der Waals surface area contributed by atoms with E-state index in [1.807, 2.05) is 0 Å². The topological polar surface area (TPSA) is 21.7 Å². The molecule has 0 N–H and O–H groups in total. The minimum Gasteiger partial charge on any atom is -0.375 e. The van der Waals surface area contributed by atoms with Gasteiger partial charge in [-0.2, -0.15) is 0 Å². The van der Waals surface area contributed by atoms with Crippen LogP contribution in [0, 0.1) is 0 Å². The highest BCUT2D eigenvalue weighted by Crippen LogP contribution is 2.30. The molecule has 2 unspecified atom stereocenters. The molecule has 118 valence electrons. The van der Waals surface area contributed by atoms with Crippen LogP contribution in [-0.4, -0.2) is 47.9 Å². The molecule has 1 saturated carbocycles. The summed E-state index contributed by atoms with van der Waals surface area (Å²) in [7, 11) is 0. The van der Waals surface area contributed by atoms with Gasteiger partial charge in [-0.05, 0) is 66.7 Å². The highest BCUT2D eigenvalue weighted by molar-refractivity contribution is 4.82. The number of nitrogens with zero attached hydrogens (tertiary/aromatic N) is 1. The van der Waals surface area contributed by atoms with E-state index in [2.05, 4.69) is 39.5 Å². The molecule has 1 saturated heterocycles. The Bertz CT molecular complexity index is 290. The largest absolute Gasteiger partial charge is 0.375 e. The lowest BCUT2D eigenvalue weighted by molar-refractivity contribution is -0.0762. The van der Waals surface area contributed by atoms with Crippen molar-refractivity contribution in [1.82, 2.24) is 4.90 Å². The van der Waals surface area contributed by atoms with E-state index in [4.69, 9.17) is 9.47 Å². The van der Waals surface area contributed by atoms with Crippen molar-refractivity contribution < 1.29 is 9.47 Å². The monoisotopic (exact) mass is 283 g/mol. The summed E-state index contributed by atoms with van der Waals surface area (Å²) in [5.74, 6) is 0. The van der Waals surface area contributed by atoms with Gasteiger partial charge in [0.15, 0.2) is 0 Å². The van der Waals surface area contributed by atoms with Crippen molar-refractivity contribution in [1.29, 1.82) is 0 Å². The molecule has 0 aromatic heterocycles. The predicted octanol–water partition coefficient (Wildman–Crippen LogP) is 3.61. The van der Waals surface area contributed by atoms with Crippen molar-refractivity contribution in [2.45, 2.75) is 96.7 Å². The van der Waals surface area contributed by atoms with Gasteiger partial charge in [0.1, 0.15) is 0 Å². The maximum absolute atomic E-state index is 6.32. The van der Waals surface area contributed by atoms with E-state index in [1.54, 1.807) is 0 Å². The summed E-state index contributed by atoms with van der Waals surface area (Å²) in [4.78, 5) is 2.56. The summed E-state index contributed by atoms with van der Waals surface area (Å²) in [6, 6.07) is 0.673. The van der Waals surface area contributed by atoms with Crippen LogP contribution in [-0.2, 0) is 9.47 Å². The molecule has 20 heavy (non-hydrogen) atoms. The number of piperidine rings is 1. The van der Waals surface area contributed by atoms with Crippen LogP contribution in [0.3, 0.4) is 0 Å². The fraction of sp³-hybridized carbons (Fsp3) is 1.00. The third-order valence-electron chi connectivity index (χ3n) is 4.45. The third-order valence-corrected chi connectivity index (χ3v) is 4.45. The summed E-state index contributed by atoms with van der Waals surface area (Å²) in [6.07, 6.45) is 7.11. The van der Waals surface area contributed by atoms with Gasteiger partial charge >= 0.3 is 0 Å². The molecule has 0 bridgehead atoms. The summed E-state index contributed by atoms with van der Waals surface area (Å²) in [5, 5.41) is 0. The highest BCUT2D eigenvalue weighted by Gasteiger charge is 2.31. The minimum atomic E-state index is -0.0256. The Balaban J connectivity index is 1.68. The molecule has 2 atom stereocenters. The van der Waals surface area contributed by atoms with Crippen LogP contribution in [0.5, 0.6) is 0 Å². The Morgan fingerprint density at radius 3 is 2.05 bits per heavy atom. The van der Waals surface area contributed by atoms with Gasteiger partial charge in [-0.3, -0.25) is 0 Å². The van der Waals surface area contributed by atoms with E-state index >= 15 is 0 Å². The molecule has 2 fully saturated rings. The molecule has 1 heterocycles. The Hall–Kier alpha value is -0.120. The van der Waals surface area contributed by atoms with Gasteiger partial charge in [0.2, 0.25) is 0 Å². The normalized spacial score (nSPS) is 30.3. The molecular weight excluding hydrogens is 250 g/mol. The summed E-state index contributed by atoms with van der Waals surface area (Å²) < 4.78 is 12.4. The smallest absolute Gasteiger partial charge is 0.0607 e. The first-order valence-electron chi connectivity index (χ1n) is 8.41. The lowest BCUT2D eigenvalue weighted by atomic mass is 10.1. The fourth-order valence-electron chi connectivity index (χ4n) is 3.43. The van der Waals surface area contributed by atoms with Crippen molar-refractivity contribution in [3.05, 3.63) is 0 Å². The highest BCUT2D eigenvalue weighted by atomic mass is 16.5. The molecule has 3 heteroatoms. The van der Waals surface area contributed by atoms with Crippen LogP contribution in [0.2, 0.25) is 0 Å². The zero-order chi connectivity index (χ0) is 14.8. The van der Waals surface area contributed by atoms with Gasteiger partial charge in [-0.1, -0.05) is 0 Å². The molecule has 0 spiro atoms. The van der Waals surface area contributed by atoms with E-state index in [0.29, 0.717) is 24.4 Å². The molecule has 2 aliphatic rings. The lowest BCUT2D eigenvalue weighted by Gasteiger charge is -2.35. The first-order valence-corrected chi connectivity index (χ1v) is 8.41. The second kappa shape index (κ2) is 6.76. The first-order chi connectivity index (χ1) is 9.33. The summed E-state index contributed by atoms with van der Waals surface area (Å²) in [6.45, 7) is 13.4. The molecule has 0 aromatic rings. The maximum Gasteiger partial charge on any atom is 0.0607 e. The SMILES string of the molecule is CC(C)N1CCC(OC2CCC(OC(C)(C)C)C2)CC1. The maximum atomic E-state index is 6.32. The molecular formula is C17H33NO2. The van der Waals surface area contributed by atoms with Crippen LogP contribution in [0.25, 0.3) is 0 Å². The van der Waals surface area contributed by atoms with Crippen LogP contribution >= 0.6 is 0 Å². The number of hydrogen-bond donors (Lipinski definition) is 0. The molecule has 0 radical (unpaired) electrons. The molecule has 0 aromatic carbocycles. The number of likely N-dealkylation sites (tertiary alicyclic amines) is 1. The number of ether oxygens (including phenoxy) is 2.